The minimum absolute atomic E-state index is 0.0192. The predicted octanol–water partition coefficient (Wildman–Crippen LogP) is -1.74. The smallest absolute Gasteiger partial charge is 0.326 e. The van der Waals surface area contributed by atoms with Gasteiger partial charge in [0, 0.05) is 18.3 Å². The van der Waals surface area contributed by atoms with Crippen molar-refractivity contribution in [2.45, 2.75) is 50.4 Å². The Bertz CT molecular complexity index is 1070. The third-order valence-corrected chi connectivity index (χ3v) is 5.09. The van der Waals surface area contributed by atoms with Crippen molar-refractivity contribution in [1.82, 2.24) is 25.9 Å². The first-order valence-electron chi connectivity index (χ1n) is 10.8. The van der Waals surface area contributed by atoms with Crippen LogP contribution in [0.1, 0.15) is 24.6 Å². The lowest BCUT2D eigenvalue weighted by atomic mass is 10.0. The molecule has 194 valence electrons. The number of nitrogens with two attached hydrogens (primary N) is 1. The summed E-state index contributed by atoms with van der Waals surface area (Å²) in [5, 5.41) is 34.2. The number of carboxylic acids is 2. The van der Waals surface area contributed by atoms with Gasteiger partial charge in [-0.1, -0.05) is 12.1 Å². The van der Waals surface area contributed by atoms with Crippen LogP contribution in [0.2, 0.25) is 0 Å². The molecule has 4 unspecified atom stereocenters. The van der Waals surface area contributed by atoms with Crippen molar-refractivity contribution in [3.05, 3.63) is 48.0 Å². The highest BCUT2D eigenvalue weighted by molar-refractivity contribution is 5.94. The quantitative estimate of drug-likeness (QED) is 0.153. The fraction of sp³-hybridized carbons (Fsp3) is 0.364. The van der Waals surface area contributed by atoms with Crippen LogP contribution >= 0.6 is 0 Å². The molecule has 1 heterocycles. The Labute approximate surface area is 205 Å². The van der Waals surface area contributed by atoms with E-state index in [1.165, 1.54) is 31.6 Å². The molecule has 2 rings (SSSR count). The number of hydrogen-bond acceptors (Lipinski definition) is 8. The number of aromatic amines is 1. The van der Waals surface area contributed by atoms with Gasteiger partial charge >= 0.3 is 11.9 Å². The number of nitrogens with one attached hydrogen (secondary N) is 4. The molecule has 0 aliphatic rings. The number of carbonyl (C=O) groups is 5. The number of aliphatic carboxylic acids is 2. The molecule has 0 saturated heterocycles. The summed E-state index contributed by atoms with van der Waals surface area (Å²) in [5.41, 5.74) is 7.18. The average molecular weight is 505 g/mol. The largest absolute Gasteiger partial charge is 0.508 e. The van der Waals surface area contributed by atoms with E-state index < -0.39 is 60.2 Å². The van der Waals surface area contributed by atoms with E-state index in [1.54, 1.807) is 12.1 Å². The fourth-order valence-corrected chi connectivity index (χ4v) is 3.13. The maximum Gasteiger partial charge on any atom is 0.326 e. The van der Waals surface area contributed by atoms with Gasteiger partial charge in [-0.25, -0.2) is 9.78 Å². The zero-order valence-corrected chi connectivity index (χ0v) is 19.3. The molecule has 0 radical (unpaired) electrons. The van der Waals surface area contributed by atoms with Crippen molar-refractivity contribution < 1.29 is 39.3 Å². The third kappa shape index (κ3) is 8.72. The van der Waals surface area contributed by atoms with Gasteiger partial charge in [0.15, 0.2) is 0 Å². The number of H-pyrrole nitrogens is 1. The van der Waals surface area contributed by atoms with E-state index in [1.807, 2.05) is 0 Å². The Balaban J connectivity index is 2.05. The van der Waals surface area contributed by atoms with E-state index in [0.29, 0.717) is 11.3 Å². The SMILES string of the molecule is CC(NC(=O)C(Cc1cnc[nH]1)NC(=O)C(N)Cc1ccc(O)cc1)C(=O)NC(CC(=O)O)C(=O)O. The van der Waals surface area contributed by atoms with Gasteiger partial charge in [0.2, 0.25) is 17.7 Å². The minimum Gasteiger partial charge on any atom is -0.508 e. The number of carbonyl (C=O) groups excluding carboxylic acids is 3. The monoisotopic (exact) mass is 504 g/mol. The zero-order chi connectivity index (χ0) is 26.8. The van der Waals surface area contributed by atoms with E-state index in [9.17, 15) is 29.1 Å². The number of hydrogen-bond donors (Lipinski definition) is 8. The van der Waals surface area contributed by atoms with Crippen LogP contribution in [0.4, 0.5) is 0 Å². The van der Waals surface area contributed by atoms with E-state index >= 15 is 0 Å². The van der Waals surface area contributed by atoms with Crippen LogP contribution in [0.5, 0.6) is 5.75 Å². The van der Waals surface area contributed by atoms with Gasteiger partial charge in [-0.15, -0.1) is 0 Å². The maximum atomic E-state index is 12.9. The molecule has 0 saturated carbocycles. The van der Waals surface area contributed by atoms with Crippen molar-refractivity contribution in [1.29, 1.82) is 0 Å². The molecular formula is C22H28N6O8. The van der Waals surface area contributed by atoms with Crippen LogP contribution in [0.25, 0.3) is 0 Å². The van der Waals surface area contributed by atoms with Gasteiger partial charge in [-0.3, -0.25) is 19.2 Å². The number of amides is 3. The number of imidazole rings is 1. The number of nitrogens with zero attached hydrogens (tertiary/aromatic N) is 1. The second-order valence-electron chi connectivity index (χ2n) is 8.05. The zero-order valence-electron chi connectivity index (χ0n) is 19.3. The van der Waals surface area contributed by atoms with E-state index in [4.69, 9.17) is 15.9 Å². The number of aromatic hydroxyl groups is 1. The van der Waals surface area contributed by atoms with E-state index in [2.05, 4.69) is 25.9 Å². The van der Waals surface area contributed by atoms with Crippen molar-refractivity contribution in [3.63, 3.8) is 0 Å². The van der Waals surface area contributed by atoms with Crippen molar-refractivity contribution in [2.75, 3.05) is 0 Å². The molecule has 4 atom stereocenters. The third-order valence-electron chi connectivity index (χ3n) is 5.09. The summed E-state index contributed by atoms with van der Waals surface area (Å²) in [7, 11) is 0. The van der Waals surface area contributed by atoms with Gasteiger partial charge in [0.25, 0.3) is 0 Å². The number of aromatic nitrogens is 2. The summed E-state index contributed by atoms with van der Waals surface area (Å²) >= 11 is 0. The first-order chi connectivity index (χ1) is 17.0. The Morgan fingerprint density at radius 3 is 2.14 bits per heavy atom. The standard InChI is InChI=1S/C22H28N6O8/c1-11(19(32)28-17(22(35)36)8-18(30)31)26-21(34)16(7-13-9-24-10-25-13)27-20(33)15(23)6-12-2-4-14(29)5-3-12/h2-5,9-11,15-17,29H,6-8,23H2,1H3,(H,24,25)(H,26,34)(H,27,33)(H,28,32)(H,30,31)(H,35,36). The van der Waals surface area contributed by atoms with Gasteiger partial charge in [-0.05, 0) is 31.0 Å². The summed E-state index contributed by atoms with van der Waals surface area (Å²) in [6.45, 7) is 1.28. The minimum atomic E-state index is -1.69. The lowest BCUT2D eigenvalue weighted by Gasteiger charge is -2.23. The lowest BCUT2D eigenvalue weighted by Crippen LogP contribution is -2.57. The highest BCUT2D eigenvalue weighted by Gasteiger charge is 2.29. The molecule has 36 heavy (non-hydrogen) atoms. The lowest BCUT2D eigenvalue weighted by molar-refractivity contribution is -0.147. The number of rotatable bonds is 13. The molecule has 14 heteroatoms. The van der Waals surface area contributed by atoms with E-state index in [0.717, 1.165) is 0 Å². The van der Waals surface area contributed by atoms with Gasteiger partial charge in [0.05, 0.1) is 18.8 Å². The topological polar surface area (TPSA) is 237 Å². The van der Waals surface area contributed by atoms with Gasteiger partial charge in [0.1, 0.15) is 23.9 Å². The Hall–Kier alpha value is -4.46. The molecular weight excluding hydrogens is 476 g/mol. The Kier molecular flexibility index (Phi) is 9.92. The highest BCUT2D eigenvalue weighted by Crippen LogP contribution is 2.11. The normalized spacial score (nSPS) is 14.1. The van der Waals surface area contributed by atoms with Crippen LogP contribution in [0.15, 0.2) is 36.8 Å². The van der Waals surface area contributed by atoms with E-state index in [-0.39, 0.29) is 18.6 Å². The van der Waals surface area contributed by atoms with Crippen LogP contribution < -0.4 is 21.7 Å². The van der Waals surface area contributed by atoms with Crippen LogP contribution in [-0.4, -0.2) is 79.1 Å². The second kappa shape index (κ2) is 12.9. The first kappa shape index (κ1) is 27.8. The molecule has 3 amide bonds. The number of benzene rings is 1. The maximum absolute atomic E-state index is 12.9. The van der Waals surface area contributed by atoms with Gasteiger partial charge < -0.3 is 42.0 Å². The van der Waals surface area contributed by atoms with Crippen molar-refractivity contribution >= 4 is 29.7 Å². The molecule has 9 N–H and O–H groups in total. The molecule has 0 fully saturated rings. The first-order valence-corrected chi connectivity index (χ1v) is 10.8. The predicted molar refractivity (Wildman–Crippen MR) is 123 cm³/mol. The van der Waals surface area contributed by atoms with Crippen molar-refractivity contribution in [2.24, 2.45) is 5.73 Å². The molecule has 1 aromatic heterocycles. The molecule has 0 aliphatic heterocycles. The summed E-state index contributed by atoms with van der Waals surface area (Å²) in [6, 6.07) is 0.970. The molecule has 14 nitrogen and oxygen atoms in total. The average Bonchev–Trinajstić information content (AvgIpc) is 3.32. The molecule has 0 spiro atoms. The number of phenols is 1. The summed E-state index contributed by atoms with van der Waals surface area (Å²) < 4.78 is 0. The van der Waals surface area contributed by atoms with Crippen LogP contribution in [-0.2, 0) is 36.8 Å². The van der Waals surface area contributed by atoms with Crippen molar-refractivity contribution in [3.8, 4) is 5.75 Å². The Morgan fingerprint density at radius 2 is 1.58 bits per heavy atom. The summed E-state index contributed by atoms with van der Waals surface area (Å²) in [5.74, 6) is -5.24. The molecule has 2 aromatic rings. The number of phenolic OH excluding ortho intramolecular Hbond substituents is 1. The van der Waals surface area contributed by atoms with Crippen LogP contribution in [0.3, 0.4) is 0 Å². The molecule has 0 bridgehead atoms. The summed E-state index contributed by atoms with van der Waals surface area (Å²) in [6.07, 6.45) is 2.09. The fourth-order valence-electron chi connectivity index (χ4n) is 3.13. The van der Waals surface area contributed by atoms with Crippen LogP contribution in [0, 0.1) is 0 Å². The second-order valence-corrected chi connectivity index (χ2v) is 8.05. The molecule has 0 aliphatic carbocycles. The summed E-state index contributed by atoms with van der Waals surface area (Å²) in [4.78, 5) is 66.6. The highest BCUT2D eigenvalue weighted by atomic mass is 16.4. The molecule has 1 aromatic carbocycles. The van der Waals surface area contributed by atoms with Gasteiger partial charge in [-0.2, -0.15) is 0 Å². The Morgan fingerprint density at radius 1 is 0.944 bits per heavy atom. The number of carboxylic acid groups (broad SMARTS) is 2.